The molecule has 0 radical (unpaired) electrons. The number of hydrogen-bond donors (Lipinski definition) is 0. The zero-order valence-corrected chi connectivity index (χ0v) is 19.9. The van der Waals surface area contributed by atoms with Crippen molar-refractivity contribution in [2.75, 3.05) is 45.3 Å². The molecule has 2 heterocycles. The number of methoxy groups -OCH3 is 2. The Morgan fingerprint density at radius 2 is 1.61 bits per heavy atom. The van der Waals surface area contributed by atoms with E-state index in [9.17, 15) is 8.42 Å². The average Bonchev–Trinajstić information content (AvgIpc) is 2.88. The van der Waals surface area contributed by atoms with Gasteiger partial charge < -0.3 is 14.4 Å². The van der Waals surface area contributed by atoms with Crippen LogP contribution < -0.4 is 14.4 Å². The maximum absolute atomic E-state index is 13.0. The average molecular weight is 469 g/mol. The van der Waals surface area contributed by atoms with Gasteiger partial charge in [0.1, 0.15) is 11.5 Å². The van der Waals surface area contributed by atoms with Crippen LogP contribution in [0.2, 0.25) is 0 Å². The fourth-order valence-electron chi connectivity index (χ4n) is 3.86. The predicted octanol–water partition coefficient (Wildman–Crippen LogP) is 3.23. The van der Waals surface area contributed by atoms with Gasteiger partial charge in [-0.25, -0.2) is 8.42 Å². The van der Waals surface area contributed by atoms with Crippen molar-refractivity contribution in [2.45, 2.75) is 18.2 Å². The highest BCUT2D eigenvalue weighted by molar-refractivity contribution is 7.89. The fourth-order valence-corrected chi connectivity index (χ4v) is 5.28. The minimum absolute atomic E-state index is 0.338. The lowest BCUT2D eigenvalue weighted by Crippen LogP contribution is -2.49. The molecule has 0 amide bonds. The maximum Gasteiger partial charge on any atom is 0.243 e. The Kier molecular flexibility index (Phi) is 6.80. The summed E-state index contributed by atoms with van der Waals surface area (Å²) in [7, 11) is -0.283. The van der Waals surface area contributed by atoms with E-state index in [0.29, 0.717) is 54.1 Å². The van der Waals surface area contributed by atoms with Crippen LogP contribution in [0.3, 0.4) is 0 Å². The van der Waals surface area contributed by atoms with Crippen molar-refractivity contribution in [1.29, 1.82) is 0 Å². The largest absolute Gasteiger partial charge is 0.497 e. The lowest BCUT2D eigenvalue weighted by molar-refractivity contribution is 0.383. The Labute approximate surface area is 194 Å². The summed E-state index contributed by atoms with van der Waals surface area (Å²) in [5.41, 5.74) is 2.58. The lowest BCUT2D eigenvalue weighted by atomic mass is 10.1. The molecule has 8 nitrogen and oxygen atoms in total. The van der Waals surface area contributed by atoms with Gasteiger partial charge in [0.15, 0.2) is 5.82 Å². The second kappa shape index (κ2) is 9.76. The van der Waals surface area contributed by atoms with E-state index in [2.05, 4.69) is 10.2 Å². The second-order valence-corrected chi connectivity index (χ2v) is 9.67. The number of ether oxygens (including phenoxy) is 2. The Balaban J connectivity index is 1.45. The minimum Gasteiger partial charge on any atom is -0.497 e. The van der Waals surface area contributed by atoms with Crippen LogP contribution in [0.15, 0.2) is 59.5 Å². The number of aryl methyl sites for hydroxylation is 1. The first-order valence-corrected chi connectivity index (χ1v) is 12.3. The van der Waals surface area contributed by atoms with Gasteiger partial charge in [-0.1, -0.05) is 19.1 Å². The molecule has 174 valence electrons. The summed E-state index contributed by atoms with van der Waals surface area (Å²) in [5, 5.41) is 8.77. The zero-order valence-electron chi connectivity index (χ0n) is 19.1. The van der Waals surface area contributed by atoms with Crippen LogP contribution in [0.1, 0.15) is 12.5 Å². The first kappa shape index (κ1) is 23.0. The minimum atomic E-state index is -3.50. The molecule has 1 fully saturated rings. The molecule has 0 unspecified atom stereocenters. The van der Waals surface area contributed by atoms with Crippen molar-refractivity contribution in [2.24, 2.45) is 0 Å². The van der Waals surface area contributed by atoms with E-state index in [1.165, 1.54) is 4.31 Å². The van der Waals surface area contributed by atoms with Crippen LogP contribution in [0.4, 0.5) is 5.82 Å². The van der Waals surface area contributed by atoms with Gasteiger partial charge in [0.2, 0.25) is 10.0 Å². The number of nitrogens with zero attached hydrogens (tertiary/aromatic N) is 4. The van der Waals surface area contributed by atoms with E-state index >= 15 is 0 Å². The summed E-state index contributed by atoms with van der Waals surface area (Å²) in [6.07, 6.45) is 0.878. The first-order chi connectivity index (χ1) is 16.0. The predicted molar refractivity (Wildman–Crippen MR) is 127 cm³/mol. The van der Waals surface area contributed by atoms with Crippen molar-refractivity contribution in [1.82, 2.24) is 14.5 Å². The molecule has 1 aromatic heterocycles. The molecule has 0 spiro atoms. The Morgan fingerprint density at radius 1 is 0.879 bits per heavy atom. The van der Waals surface area contributed by atoms with Crippen LogP contribution >= 0.6 is 0 Å². The van der Waals surface area contributed by atoms with Gasteiger partial charge in [0, 0.05) is 31.7 Å². The summed E-state index contributed by atoms with van der Waals surface area (Å²) in [4.78, 5) is 2.38. The Morgan fingerprint density at radius 3 is 2.18 bits per heavy atom. The van der Waals surface area contributed by atoms with E-state index in [-0.39, 0.29) is 0 Å². The smallest absolute Gasteiger partial charge is 0.243 e. The van der Waals surface area contributed by atoms with Crippen LogP contribution in [0, 0.1) is 0 Å². The van der Waals surface area contributed by atoms with Crippen LogP contribution in [0.5, 0.6) is 11.5 Å². The molecule has 9 heteroatoms. The van der Waals surface area contributed by atoms with Crippen LogP contribution in [-0.4, -0.2) is 63.3 Å². The van der Waals surface area contributed by atoms with Gasteiger partial charge in [-0.15, -0.1) is 10.2 Å². The summed E-state index contributed by atoms with van der Waals surface area (Å²) < 4.78 is 38.3. The zero-order chi connectivity index (χ0) is 23.4. The molecule has 4 rings (SSSR count). The van der Waals surface area contributed by atoms with Gasteiger partial charge in [-0.05, 0) is 54.4 Å². The summed E-state index contributed by atoms with van der Waals surface area (Å²) in [6, 6.07) is 16.4. The van der Waals surface area contributed by atoms with Crippen molar-refractivity contribution in [3.8, 4) is 22.8 Å². The number of sulfonamides is 1. The second-order valence-electron chi connectivity index (χ2n) is 7.73. The lowest BCUT2D eigenvalue weighted by Gasteiger charge is -2.34. The van der Waals surface area contributed by atoms with E-state index in [1.807, 2.05) is 54.3 Å². The highest BCUT2D eigenvalue weighted by Crippen LogP contribution is 2.32. The molecule has 0 aliphatic carbocycles. The van der Waals surface area contributed by atoms with Crippen LogP contribution in [0.25, 0.3) is 11.3 Å². The standard InChI is InChI=1S/C24H28N4O4S/c1-4-18-5-8-20(9-6-18)33(29,30)28-15-13-27(14-16-28)24-12-10-22(25-26-24)21-17-19(31-2)7-11-23(21)32-3/h5-12,17H,4,13-16H2,1-3H3. The normalized spacial score (nSPS) is 14.8. The molecule has 0 atom stereocenters. The van der Waals surface area contributed by atoms with Gasteiger partial charge in [-0.3, -0.25) is 0 Å². The molecule has 33 heavy (non-hydrogen) atoms. The van der Waals surface area contributed by atoms with E-state index < -0.39 is 10.0 Å². The van der Waals surface area contributed by atoms with Gasteiger partial charge >= 0.3 is 0 Å². The highest BCUT2D eigenvalue weighted by atomic mass is 32.2. The van der Waals surface area contributed by atoms with Gasteiger partial charge in [-0.2, -0.15) is 4.31 Å². The molecule has 0 N–H and O–H groups in total. The van der Waals surface area contributed by atoms with E-state index in [1.54, 1.807) is 26.4 Å². The summed E-state index contributed by atoms with van der Waals surface area (Å²) in [5.74, 6) is 2.10. The molecular formula is C24H28N4O4S. The third kappa shape index (κ3) is 4.79. The number of aromatic nitrogens is 2. The van der Waals surface area contributed by atoms with Gasteiger partial charge in [0.05, 0.1) is 24.8 Å². The number of rotatable bonds is 7. The molecule has 0 saturated carbocycles. The van der Waals surface area contributed by atoms with Gasteiger partial charge in [0.25, 0.3) is 0 Å². The number of anilines is 1. The van der Waals surface area contributed by atoms with Crippen molar-refractivity contribution in [3.05, 3.63) is 60.2 Å². The van der Waals surface area contributed by atoms with Crippen molar-refractivity contribution < 1.29 is 17.9 Å². The Hall–Kier alpha value is -3.17. The van der Waals surface area contributed by atoms with E-state index in [0.717, 1.165) is 17.5 Å². The fraction of sp³-hybridized carbons (Fsp3) is 0.333. The molecule has 1 aliphatic rings. The third-order valence-electron chi connectivity index (χ3n) is 5.87. The summed E-state index contributed by atoms with van der Waals surface area (Å²) >= 11 is 0. The molecule has 1 aliphatic heterocycles. The molecule has 3 aromatic rings. The van der Waals surface area contributed by atoms with Crippen LogP contribution in [-0.2, 0) is 16.4 Å². The van der Waals surface area contributed by atoms with Crippen molar-refractivity contribution >= 4 is 15.8 Å². The molecule has 2 aromatic carbocycles. The quantitative estimate of drug-likeness (QED) is 0.526. The number of benzene rings is 2. The maximum atomic E-state index is 13.0. The Bertz CT molecular complexity index is 1190. The molecule has 0 bridgehead atoms. The topological polar surface area (TPSA) is 84.9 Å². The summed E-state index contributed by atoms with van der Waals surface area (Å²) in [6.45, 7) is 3.92. The SMILES string of the molecule is CCc1ccc(S(=O)(=O)N2CCN(c3ccc(-c4cc(OC)ccc4OC)nn3)CC2)cc1. The van der Waals surface area contributed by atoms with E-state index in [4.69, 9.17) is 9.47 Å². The molecular weight excluding hydrogens is 440 g/mol. The number of piperazine rings is 1. The molecule has 1 saturated heterocycles. The third-order valence-corrected chi connectivity index (χ3v) is 7.78. The monoisotopic (exact) mass is 468 g/mol. The number of hydrogen-bond acceptors (Lipinski definition) is 7. The highest BCUT2D eigenvalue weighted by Gasteiger charge is 2.29. The first-order valence-electron chi connectivity index (χ1n) is 10.9. The van der Waals surface area contributed by atoms with Crippen molar-refractivity contribution in [3.63, 3.8) is 0 Å².